The molecule has 0 saturated heterocycles. The van der Waals surface area contributed by atoms with E-state index in [4.69, 9.17) is 0 Å². The van der Waals surface area contributed by atoms with E-state index in [1.165, 1.54) is 6.07 Å². The van der Waals surface area contributed by atoms with Crippen LogP contribution in [0.1, 0.15) is 13.8 Å². The van der Waals surface area contributed by atoms with Crippen molar-refractivity contribution in [1.82, 2.24) is 0 Å². The van der Waals surface area contributed by atoms with Gasteiger partial charge in [-0.15, -0.1) is 0 Å². The maximum absolute atomic E-state index is 11.6. The minimum Gasteiger partial charge on any atom is -0.508 e. The molecule has 3 N–H and O–H groups in total. The molecular formula is C14H15NO3. The maximum Gasteiger partial charge on any atom is 0.226 e. The van der Waals surface area contributed by atoms with Crippen LogP contribution in [0.3, 0.4) is 0 Å². The lowest BCUT2D eigenvalue weighted by Crippen LogP contribution is -2.17. The predicted molar refractivity (Wildman–Crippen MR) is 70.7 cm³/mol. The van der Waals surface area contributed by atoms with Crippen molar-refractivity contribution in [1.29, 1.82) is 0 Å². The molecule has 0 aliphatic rings. The number of amides is 1. The van der Waals surface area contributed by atoms with E-state index in [2.05, 4.69) is 5.32 Å². The quantitative estimate of drug-likeness (QED) is 0.762. The molecule has 0 bridgehead atoms. The van der Waals surface area contributed by atoms with Crippen molar-refractivity contribution in [3.63, 3.8) is 0 Å². The van der Waals surface area contributed by atoms with Crippen molar-refractivity contribution in [3.05, 3.63) is 30.3 Å². The van der Waals surface area contributed by atoms with Gasteiger partial charge in [0.2, 0.25) is 5.91 Å². The van der Waals surface area contributed by atoms with Crippen LogP contribution in [-0.2, 0) is 4.79 Å². The average molecular weight is 245 g/mol. The van der Waals surface area contributed by atoms with Gasteiger partial charge in [0.15, 0.2) is 0 Å². The van der Waals surface area contributed by atoms with Gasteiger partial charge < -0.3 is 15.5 Å². The van der Waals surface area contributed by atoms with Crippen molar-refractivity contribution in [2.24, 2.45) is 5.92 Å². The van der Waals surface area contributed by atoms with Gasteiger partial charge in [0.1, 0.15) is 11.5 Å². The normalized spacial score (nSPS) is 10.8. The van der Waals surface area contributed by atoms with Gasteiger partial charge in [0.05, 0.1) is 0 Å². The van der Waals surface area contributed by atoms with Crippen LogP contribution in [0.4, 0.5) is 5.69 Å². The SMILES string of the molecule is CC(C)C(=O)Nc1ccc2cc(O)cc(O)c2c1. The first-order chi connectivity index (χ1) is 8.47. The van der Waals surface area contributed by atoms with E-state index in [0.29, 0.717) is 11.1 Å². The smallest absolute Gasteiger partial charge is 0.226 e. The van der Waals surface area contributed by atoms with Crippen LogP contribution in [0.15, 0.2) is 30.3 Å². The van der Waals surface area contributed by atoms with Gasteiger partial charge in [0.25, 0.3) is 0 Å². The summed E-state index contributed by atoms with van der Waals surface area (Å²) < 4.78 is 0. The number of hydrogen-bond donors (Lipinski definition) is 3. The molecule has 0 aliphatic heterocycles. The molecule has 0 aliphatic carbocycles. The van der Waals surface area contributed by atoms with Crippen LogP contribution in [0.5, 0.6) is 11.5 Å². The molecule has 0 fully saturated rings. The van der Waals surface area contributed by atoms with Crippen LogP contribution in [0, 0.1) is 5.92 Å². The topological polar surface area (TPSA) is 69.6 Å². The van der Waals surface area contributed by atoms with E-state index in [1.54, 1.807) is 24.3 Å². The van der Waals surface area contributed by atoms with Crippen molar-refractivity contribution < 1.29 is 15.0 Å². The molecule has 0 saturated carbocycles. The molecule has 1 amide bonds. The summed E-state index contributed by atoms with van der Waals surface area (Å²) in [6.45, 7) is 3.62. The standard InChI is InChI=1S/C14H15NO3/c1-8(2)14(18)15-10-4-3-9-5-11(16)7-13(17)12(9)6-10/h3-8,16-17H,1-2H3,(H,15,18). The van der Waals surface area contributed by atoms with E-state index in [0.717, 1.165) is 5.39 Å². The molecule has 4 nitrogen and oxygen atoms in total. The average Bonchev–Trinajstić information content (AvgIpc) is 2.29. The molecule has 0 unspecified atom stereocenters. The number of phenols is 2. The Morgan fingerprint density at radius 1 is 1.17 bits per heavy atom. The molecule has 2 aromatic carbocycles. The summed E-state index contributed by atoms with van der Waals surface area (Å²) in [5.74, 6) is -0.175. The highest BCUT2D eigenvalue weighted by Crippen LogP contribution is 2.31. The molecule has 94 valence electrons. The van der Waals surface area contributed by atoms with Crippen LogP contribution >= 0.6 is 0 Å². The number of nitrogens with one attached hydrogen (secondary N) is 1. The molecule has 2 rings (SSSR count). The van der Waals surface area contributed by atoms with Gasteiger partial charge in [-0.2, -0.15) is 0 Å². The zero-order chi connectivity index (χ0) is 13.3. The van der Waals surface area contributed by atoms with E-state index in [9.17, 15) is 15.0 Å². The Labute approximate surface area is 105 Å². The lowest BCUT2D eigenvalue weighted by atomic mass is 10.1. The second kappa shape index (κ2) is 4.56. The van der Waals surface area contributed by atoms with Crippen LogP contribution < -0.4 is 5.32 Å². The van der Waals surface area contributed by atoms with Crippen LogP contribution in [0.25, 0.3) is 10.8 Å². The largest absolute Gasteiger partial charge is 0.508 e. The number of phenolic OH excluding ortho intramolecular Hbond substituents is 2. The fourth-order valence-electron chi connectivity index (χ4n) is 1.69. The van der Waals surface area contributed by atoms with Crippen molar-refractivity contribution in [2.75, 3.05) is 5.32 Å². The molecule has 2 aromatic rings. The Morgan fingerprint density at radius 2 is 1.89 bits per heavy atom. The fraction of sp³-hybridized carbons (Fsp3) is 0.214. The first-order valence-corrected chi connectivity index (χ1v) is 5.74. The third-order valence-electron chi connectivity index (χ3n) is 2.71. The summed E-state index contributed by atoms with van der Waals surface area (Å²) in [7, 11) is 0. The third-order valence-corrected chi connectivity index (χ3v) is 2.71. The van der Waals surface area contributed by atoms with Gasteiger partial charge in [-0.3, -0.25) is 4.79 Å². The summed E-state index contributed by atoms with van der Waals surface area (Å²) in [5.41, 5.74) is 0.627. The maximum atomic E-state index is 11.6. The molecule has 4 heteroatoms. The molecule has 0 heterocycles. The van der Waals surface area contributed by atoms with E-state index < -0.39 is 0 Å². The Kier molecular flexibility index (Phi) is 3.10. The fourth-order valence-corrected chi connectivity index (χ4v) is 1.69. The number of fused-ring (bicyclic) bond motifs is 1. The minimum absolute atomic E-state index is 0.00866. The molecular weight excluding hydrogens is 230 g/mol. The van der Waals surface area contributed by atoms with Gasteiger partial charge in [0, 0.05) is 23.1 Å². The first kappa shape index (κ1) is 12.2. The molecule has 0 radical (unpaired) electrons. The highest BCUT2D eigenvalue weighted by Gasteiger charge is 2.09. The Morgan fingerprint density at radius 3 is 2.56 bits per heavy atom. The Balaban J connectivity index is 2.41. The second-order valence-electron chi connectivity index (χ2n) is 4.54. The molecule has 0 spiro atoms. The van der Waals surface area contributed by atoms with Crippen LogP contribution in [-0.4, -0.2) is 16.1 Å². The molecule has 0 atom stereocenters. The Bertz CT molecular complexity index is 605. The molecule has 18 heavy (non-hydrogen) atoms. The van der Waals surface area contributed by atoms with E-state index >= 15 is 0 Å². The third kappa shape index (κ3) is 2.37. The molecule has 0 aromatic heterocycles. The van der Waals surface area contributed by atoms with Crippen molar-refractivity contribution in [3.8, 4) is 11.5 Å². The summed E-state index contributed by atoms with van der Waals surface area (Å²) in [4.78, 5) is 11.6. The highest BCUT2D eigenvalue weighted by molar-refractivity contribution is 5.97. The number of rotatable bonds is 2. The van der Waals surface area contributed by atoms with Crippen molar-refractivity contribution >= 4 is 22.4 Å². The van der Waals surface area contributed by atoms with Crippen LogP contribution in [0.2, 0.25) is 0 Å². The summed E-state index contributed by atoms with van der Waals surface area (Å²) in [6, 6.07) is 8.00. The zero-order valence-corrected chi connectivity index (χ0v) is 10.3. The van der Waals surface area contributed by atoms with Gasteiger partial charge in [-0.25, -0.2) is 0 Å². The number of anilines is 1. The number of hydrogen-bond acceptors (Lipinski definition) is 3. The number of aromatic hydroxyl groups is 2. The van der Waals surface area contributed by atoms with E-state index in [1.807, 2.05) is 13.8 Å². The summed E-state index contributed by atoms with van der Waals surface area (Å²) in [6.07, 6.45) is 0. The second-order valence-corrected chi connectivity index (χ2v) is 4.54. The number of carbonyl (C=O) groups excluding carboxylic acids is 1. The van der Waals surface area contributed by atoms with Gasteiger partial charge in [-0.1, -0.05) is 19.9 Å². The first-order valence-electron chi connectivity index (χ1n) is 5.74. The Hall–Kier alpha value is -2.23. The predicted octanol–water partition coefficient (Wildman–Crippen LogP) is 2.85. The van der Waals surface area contributed by atoms with Crippen molar-refractivity contribution in [2.45, 2.75) is 13.8 Å². The van der Waals surface area contributed by atoms with Gasteiger partial charge >= 0.3 is 0 Å². The summed E-state index contributed by atoms with van der Waals surface area (Å²) in [5, 5.41) is 23.2. The number of benzene rings is 2. The van der Waals surface area contributed by atoms with Gasteiger partial charge in [-0.05, 0) is 23.6 Å². The number of carbonyl (C=O) groups is 1. The monoisotopic (exact) mass is 245 g/mol. The minimum atomic E-state index is -0.103. The zero-order valence-electron chi connectivity index (χ0n) is 10.3. The lowest BCUT2D eigenvalue weighted by molar-refractivity contribution is -0.118. The lowest BCUT2D eigenvalue weighted by Gasteiger charge is -2.09. The highest BCUT2D eigenvalue weighted by atomic mass is 16.3. The van der Waals surface area contributed by atoms with E-state index in [-0.39, 0.29) is 23.3 Å². The summed E-state index contributed by atoms with van der Waals surface area (Å²) >= 11 is 0.